The molecule has 1 amide bonds. The van der Waals surface area contributed by atoms with Crippen molar-refractivity contribution in [3.63, 3.8) is 0 Å². The molecule has 0 aliphatic heterocycles. The molecule has 0 bridgehead atoms. The van der Waals surface area contributed by atoms with E-state index in [9.17, 15) is 9.59 Å². The number of carboxylic acids is 1. The molecule has 0 saturated heterocycles. The van der Waals surface area contributed by atoms with Crippen LogP contribution in [-0.4, -0.2) is 23.0 Å². The van der Waals surface area contributed by atoms with Crippen molar-refractivity contribution in [2.75, 3.05) is 5.32 Å². The minimum absolute atomic E-state index is 0.0978. The molecule has 1 aromatic rings. The summed E-state index contributed by atoms with van der Waals surface area (Å²) in [4.78, 5) is 22.4. The van der Waals surface area contributed by atoms with Crippen molar-refractivity contribution >= 4 is 17.6 Å². The van der Waals surface area contributed by atoms with Gasteiger partial charge >= 0.3 is 5.97 Å². The second-order valence-electron chi connectivity index (χ2n) is 5.92. The number of aryl methyl sites for hydroxylation is 1. The minimum atomic E-state index is -0.821. The van der Waals surface area contributed by atoms with Gasteiger partial charge in [0.2, 0.25) is 5.91 Å². The Morgan fingerprint density at radius 1 is 1.25 bits per heavy atom. The fraction of sp³-hybridized carbons (Fsp3) is 0.467. The number of aliphatic carboxylic acids is 1. The number of nitrogens with two attached hydrogens (primary N) is 1. The Hall–Kier alpha value is -1.88. The zero-order chi connectivity index (χ0) is 15.3. The molecule has 4 N–H and O–H groups in total. The van der Waals surface area contributed by atoms with E-state index in [1.807, 2.05) is 20.8 Å². The van der Waals surface area contributed by atoms with Crippen LogP contribution in [0.1, 0.15) is 32.8 Å². The average molecular weight is 278 g/mol. The van der Waals surface area contributed by atoms with Crippen molar-refractivity contribution in [2.24, 2.45) is 11.1 Å². The van der Waals surface area contributed by atoms with Gasteiger partial charge in [0.1, 0.15) is 0 Å². The van der Waals surface area contributed by atoms with Crippen molar-refractivity contribution < 1.29 is 14.7 Å². The van der Waals surface area contributed by atoms with Crippen molar-refractivity contribution in [2.45, 2.75) is 39.7 Å². The Bertz CT molecular complexity index is 475. The molecule has 0 radical (unpaired) electrons. The maximum absolute atomic E-state index is 11.9. The molecule has 0 aliphatic rings. The second-order valence-corrected chi connectivity index (χ2v) is 5.92. The number of amides is 1. The number of nitrogens with one attached hydrogen (secondary N) is 1. The molecule has 1 aromatic carbocycles. The van der Waals surface area contributed by atoms with Crippen LogP contribution in [0.25, 0.3) is 0 Å². The van der Waals surface area contributed by atoms with E-state index < -0.39 is 12.0 Å². The Balaban J connectivity index is 2.61. The number of rotatable bonds is 5. The zero-order valence-corrected chi connectivity index (χ0v) is 12.1. The van der Waals surface area contributed by atoms with E-state index >= 15 is 0 Å². The average Bonchev–Trinajstić information content (AvgIpc) is 2.35. The summed E-state index contributed by atoms with van der Waals surface area (Å²) >= 11 is 0. The number of hydrogen-bond acceptors (Lipinski definition) is 3. The lowest BCUT2D eigenvalue weighted by Gasteiger charge is -2.25. The molecule has 0 fully saturated rings. The van der Waals surface area contributed by atoms with Gasteiger partial charge in [-0.25, -0.2) is 0 Å². The number of carbonyl (C=O) groups excluding carboxylic acids is 1. The van der Waals surface area contributed by atoms with Crippen molar-refractivity contribution in [3.8, 4) is 0 Å². The maximum Gasteiger partial charge on any atom is 0.303 e. The van der Waals surface area contributed by atoms with Crippen LogP contribution in [0.5, 0.6) is 0 Å². The molecule has 0 aromatic heterocycles. The van der Waals surface area contributed by atoms with Gasteiger partial charge in [0.05, 0.1) is 6.04 Å². The first-order valence-electron chi connectivity index (χ1n) is 6.57. The summed E-state index contributed by atoms with van der Waals surface area (Å²) in [5.74, 6) is -1.05. The van der Waals surface area contributed by atoms with E-state index in [1.54, 1.807) is 24.3 Å². The van der Waals surface area contributed by atoms with Crippen LogP contribution >= 0.6 is 0 Å². The van der Waals surface area contributed by atoms with Gasteiger partial charge in [-0.2, -0.15) is 0 Å². The lowest BCUT2D eigenvalue weighted by molar-refractivity contribution is -0.137. The molecular formula is C15H22N2O3. The fourth-order valence-corrected chi connectivity index (χ4v) is 1.62. The normalized spacial score (nSPS) is 12.8. The van der Waals surface area contributed by atoms with E-state index in [1.165, 1.54) is 0 Å². The lowest BCUT2D eigenvalue weighted by atomic mass is 9.87. The molecule has 0 heterocycles. The van der Waals surface area contributed by atoms with Crippen LogP contribution < -0.4 is 11.1 Å². The third-order valence-electron chi connectivity index (χ3n) is 3.06. The maximum atomic E-state index is 11.9. The molecule has 110 valence electrons. The molecule has 0 spiro atoms. The number of carboxylic acid groups (broad SMARTS) is 1. The summed E-state index contributed by atoms with van der Waals surface area (Å²) in [6.07, 6.45) is 0.575. The van der Waals surface area contributed by atoms with Gasteiger partial charge < -0.3 is 16.2 Å². The molecule has 5 heteroatoms. The van der Waals surface area contributed by atoms with Crippen LogP contribution in [0.15, 0.2) is 24.3 Å². The first-order valence-corrected chi connectivity index (χ1v) is 6.57. The van der Waals surface area contributed by atoms with Crippen LogP contribution in [0.2, 0.25) is 0 Å². The molecular weight excluding hydrogens is 256 g/mol. The lowest BCUT2D eigenvalue weighted by Crippen LogP contribution is -2.45. The summed E-state index contributed by atoms with van der Waals surface area (Å²) in [7, 11) is 0. The Morgan fingerprint density at radius 3 is 2.25 bits per heavy atom. The molecule has 1 atom stereocenters. The summed E-state index contributed by atoms with van der Waals surface area (Å²) in [6.45, 7) is 5.73. The van der Waals surface area contributed by atoms with Crippen LogP contribution in [-0.2, 0) is 16.0 Å². The van der Waals surface area contributed by atoms with Gasteiger partial charge in [-0.1, -0.05) is 32.9 Å². The van der Waals surface area contributed by atoms with Gasteiger partial charge in [-0.3, -0.25) is 9.59 Å². The third-order valence-corrected chi connectivity index (χ3v) is 3.06. The summed E-state index contributed by atoms with van der Waals surface area (Å²) < 4.78 is 0. The van der Waals surface area contributed by atoms with Gasteiger partial charge in [0.25, 0.3) is 0 Å². The molecule has 0 saturated carbocycles. The van der Waals surface area contributed by atoms with Crippen molar-refractivity contribution in [1.29, 1.82) is 0 Å². The van der Waals surface area contributed by atoms with Crippen molar-refractivity contribution in [1.82, 2.24) is 0 Å². The zero-order valence-electron chi connectivity index (χ0n) is 12.1. The highest BCUT2D eigenvalue weighted by molar-refractivity contribution is 5.95. The highest BCUT2D eigenvalue weighted by Gasteiger charge is 2.27. The van der Waals surface area contributed by atoms with E-state index in [-0.39, 0.29) is 17.7 Å². The summed E-state index contributed by atoms with van der Waals surface area (Å²) in [5.41, 5.74) is 7.16. The fourth-order valence-electron chi connectivity index (χ4n) is 1.62. The van der Waals surface area contributed by atoms with Crippen LogP contribution in [0.3, 0.4) is 0 Å². The monoisotopic (exact) mass is 278 g/mol. The minimum Gasteiger partial charge on any atom is -0.481 e. The smallest absolute Gasteiger partial charge is 0.303 e. The third kappa shape index (κ3) is 5.01. The van der Waals surface area contributed by atoms with Crippen LogP contribution in [0, 0.1) is 5.41 Å². The molecule has 0 aliphatic carbocycles. The second kappa shape index (κ2) is 6.52. The molecule has 1 rings (SSSR count). The summed E-state index contributed by atoms with van der Waals surface area (Å²) in [5, 5.41) is 11.4. The van der Waals surface area contributed by atoms with Crippen molar-refractivity contribution in [3.05, 3.63) is 29.8 Å². The Labute approximate surface area is 119 Å². The highest BCUT2D eigenvalue weighted by atomic mass is 16.4. The topological polar surface area (TPSA) is 92.4 Å². The van der Waals surface area contributed by atoms with Gasteiger partial charge in [-0.05, 0) is 29.5 Å². The predicted molar refractivity (Wildman–Crippen MR) is 78.5 cm³/mol. The van der Waals surface area contributed by atoms with E-state index in [4.69, 9.17) is 10.8 Å². The number of anilines is 1. The SMILES string of the molecule is CC(C)(C)C(N)C(=O)Nc1ccc(CCC(=O)O)cc1. The van der Waals surface area contributed by atoms with Crippen LogP contribution in [0.4, 0.5) is 5.69 Å². The first-order chi connectivity index (χ1) is 9.20. The van der Waals surface area contributed by atoms with E-state index in [0.29, 0.717) is 12.1 Å². The first kappa shape index (κ1) is 16.2. The Morgan fingerprint density at radius 2 is 1.80 bits per heavy atom. The number of benzene rings is 1. The number of hydrogen-bond donors (Lipinski definition) is 3. The number of carbonyl (C=O) groups is 2. The van der Waals surface area contributed by atoms with E-state index in [0.717, 1.165) is 5.56 Å². The largest absolute Gasteiger partial charge is 0.481 e. The standard InChI is InChI=1S/C15H22N2O3/c1-15(2,3)13(16)14(20)17-11-7-4-10(5-8-11)6-9-12(18)19/h4-5,7-8,13H,6,9,16H2,1-3H3,(H,17,20)(H,18,19). The van der Waals surface area contributed by atoms with Gasteiger partial charge in [0.15, 0.2) is 0 Å². The summed E-state index contributed by atoms with van der Waals surface area (Å²) in [6, 6.07) is 6.53. The molecule has 1 unspecified atom stereocenters. The molecule has 5 nitrogen and oxygen atoms in total. The highest BCUT2D eigenvalue weighted by Crippen LogP contribution is 2.19. The van der Waals surface area contributed by atoms with E-state index in [2.05, 4.69) is 5.32 Å². The van der Waals surface area contributed by atoms with Gasteiger partial charge in [-0.15, -0.1) is 0 Å². The van der Waals surface area contributed by atoms with Gasteiger partial charge in [0, 0.05) is 12.1 Å². The molecule has 20 heavy (non-hydrogen) atoms. The predicted octanol–water partition coefficient (Wildman–Crippen LogP) is 2.02. The Kier molecular flexibility index (Phi) is 5.27. The quantitative estimate of drug-likeness (QED) is 0.768.